The highest BCUT2D eigenvalue weighted by Gasteiger charge is 2.21. The maximum Gasteiger partial charge on any atom is 0.303 e. The Morgan fingerprint density at radius 3 is 2.38 bits per heavy atom. The van der Waals surface area contributed by atoms with Gasteiger partial charge in [-0.05, 0) is 6.42 Å². The van der Waals surface area contributed by atoms with Crippen molar-refractivity contribution >= 4 is 11.8 Å². The topological polar surface area (TPSA) is 43.4 Å². The van der Waals surface area contributed by atoms with Crippen molar-refractivity contribution in [1.29, 1.82) is 0 Å². The van der Waals surface area contributed by atoms with Crippen LogP contribution in [-0.2, 0) is 9.53 Å². The summed E-state index contributed by atoms with van der Waals surface area (Å²) >= 11 is 0. The van der Waals surface area contributed by atoms with Gasteiger partial charge in [-0.1, -0.05) is 43.7 Å². The molecule has 0 bridgehead atoms. The van der Waals surface area contributed by atoms with E-state index in [1.807, 2.05) is 13.0 Å². The minimum Gasteiger partial charge on any atom is -0.454 e. The van der Waals surface area contributed by atoms with Gasteiger partial charge >= 0.3 is 5.97 Å². The lowest BCUT2D eigenvalue weighted by Gasteiger charge is -2.14. The third kappa shape index (κ3) is 3.50. The summed E-state index contributed by atoms with van der Waals surface area (Å²) in [4.78, 5) is 22.9. The molecule has 1 atom stereocenters. The van der Waals surface area contributed by atoms with E-state index in [-0.39, 0.29) is 5.78 Å². The normalized spacial score (nSPS) is 11.9. The number of carbonyl (C=O) groups excluding carboxylic acids is 2. The van der Waals surface area contributed by atoms with Gasteiger partial charge in [-0.3, -0.25) is 9.59 Å². The highest BCUT2D eigenvalue weighted by Crippen LogP contribution is 2.11. The van der Waals surface area contributed by atoms with Crippen molar-refractivity contribution in [1.82, 2.24) is 0 Å². The van der Waals surface area contributed by atoms with Crippen LogP contribution < -0.4 is 0 Å². The first-order valence-corrected chi connectivity index (χ1v) is 5.41. The third-order valence-corrected chi connectivity index (χ3v) is 2.21. The Kier molecular flexibility index (Phi) is 4.70. The van der Waals surface area contributed by atoms with Crippen molar-refractivity contribution in [2.24, 2.45) is 0 Å². The zero-order chi connectivity index (χ0) is 12.0. The Balaban J connectivity index is 2.78. The molecular weight excluding hydrogens is 204 g/mol. The first kappa shape index (κ1) is 12.4. The van der Waals surface area contributed by atoms with Gasteiger partial charge in [-0.15, -0.1) is 0 Å². The molecule has 3 nitrogen and oxygen atoms in total. The largest absolute Gasteiger partial charge is 0.454 e. The number of hydrogen-bond acceptors (Lipinski definition) is 3. The van der Waals surface area contributed by atoms with Gasteiger partial charge < -0.3 is 4.74 Å². The molecule has 3 heteroatoms. The van der Waals surface area contributed by atoms with Crippen LogP contribution in [0.5, 0.6) is 0 Å². The summed E-state index contributed by atoms with van der Waals surface area (Å²) in [6, 6.07) is 8.90. The summed E-state index contributed by atoms with van der Waals surface area (Å²) in [6.45, 7) is 3.27. The number of hydrogen-bond donors (Lipinski definition) is 0. The minimum absolute atomic E-state index is 0.127. The molecule has 86 valence electrons. The number of benzene rings is 1. The molecule has 1 aromatic rings. The summed E-state index contributed by atoms with van der Waals surface area (Å²) in [5, 5.41) is 0. The lowest BCUT2D eigenvalue weighted by molar-refractivity contribution is -0.144. The Hall–Kier alpha value is -1.64. The second-order valence-corrected chi connectivity index (χ2v) is 3.62. The fourth-order valence-electron chi connectivity index (χ4n) is 1.49. The number of ketones is 1. The molecular formula is C13H16O3. The molecule has 0 heterocycles. The number of Topliss-reactive ketones (excluding diaryl/α,β-unsaturated/α-hetero) is 1. The molecule has 0 fully saturated rings. The molecule has 0 aliphatic carbocycles. The fourth-order valence-corrected chi connectivity index (χ4v) is 1.49. The second kappa shape index (κ2) is 6.05. The molecule has 0 aromatic heterocycles. The molecule has 0 N–H and O–H groups in total. The fraction of sp³-hybridized carbons (Fsp3) is 0.385. The highest BCUT2D eigenvalue weighted by molar-refractivity contribution is 6.00. The van der Waals surface area contributed by atoms with Crippen LogP contribution in [0.25, 0.3) is 0 Å². The Bertz CT molecular complexity index is 357. The number of rotatable bonds is 5. The van der Waals surface area contributed by atoms with Crippen molar-refractivity contribution in [2.75, 3.05) is 0 Å². The van der Waals surface area contributed by atoms with Gasteiger partial charge in [0.2, 0.25) is 5.78 Å². The van der Waals surface area contributed by atoms with E-state index >= 15 is 0 Å². The van der Waals surface area contributed by atoms with Crippen LogP contribution in [-0.4, -0.2) is 17.9 Å². The van der Waals surface area contributed by atoms with Crippen LogP contribution >= 0.6 is 0 Å². The van der Waals surface area contributed by atoms with Crippen LogP contribution in [0.2, 0.25) is 0 Å². The summed E-state index contributed by atoms with van der Waals surface area (Å²) in [5.41, 5.74) is 0.585. The predicted octanol–water partition coefficient (Wildman–Crippen LogP) is 2.60. The first-order chi connectivity index (χ1) is 7.65. The SMILES string of the molecule is CCCC(OC(C)=O)C(=O)c1ccccc1. The molecule has 1 aromatic carbocycles. The van der Waals surface area contributed by atoms with Gasteiger partial charge in [-0.25, -0.2) is 0 Å². The maximum atomic E-state index is 12.0. The number of ether oxygens (including phenoxy) is 1. The zero-order valence-electron chi connectivity index (χ0n) is 9.60. The van der Waals surface area contributed by atoms with Crippen molar-refractivity contribution in [3.05, 3.63) is 35.9 Å². The van der Waals surface area contributed by atoms with Crippen molar-refractivity contribution in [3.8, 4) is 0 Å². The predicted molar refractivity (Wildman–Crippen MR) is 61.2 cm³/mol. The zero-order valence-corrected chi connectivity index (χ0v) is 9.60. The van der Waals surface area contributed by atoms with E-state index in [0.717, 1.165) is 6.42 Å². The van der Waals surface area contributed by atoms with E-state index in [9.17, 15) is 9.59 Å². The van der Waals surface area contributed by atoms with Crippen LogP contribution in [0.4, 0.5) is 0 Å². The van der Waals surface area contributed by atoms with Crippen LogP contribution in [0, 0.1) is 0 Å². The van der Waals surface area contributed by atoms with E-state index in [0.29, 0.717) is 12.0 Å². The van der Waals surface area contributed by atoms with Gasteiger partial charge in [0.1, 0.15) is 0 Å². The molecule has 0 aliphatic rings. The lowest BCUT2D eigenvalue weighted by Crippen LogP contribution is -2.26. The van der Waals surface area contributed by atoms with Crippen LogP contribution in [0.1, 0.15) is 37.0 Å². The van der Waals surface area contributed by atoms with E-state index in [2.05, 4.69) is 0 Å². The van der Waals surface area contributed by atoms with Crippen LogP contribution in [0.15, 0.2) is 30.3 Å². The van der Waals surface area contributed by atoms with Crippen molar-refractivity contribution in [2.45, 2.75) is 32.8 Å². The Morgan fingerprint density at radius 1 is 1.25 bits per heavy atom. The molecule has 0 aliphatic heterocycles. The molecule has 1 rings (SSSR count). The second-order valence-electron chi connectivity index (χ2n) is 3.62. The van der Waals surface area contributed by atoms with E-state index < -0.39 is 12.1 Å². The monoisotopic (exact) mass is 220 g/mol. The average molecular weight is 220 g/mol. The standard InChI is InChI=1S/C13H16O3/c1-3-7-12(16-10(2)14)13(15)11-8-5-4-6-9-11/h4-6,8-9,12H,3,7H2,1-2H3. The molecule has 0 radical (unpaired) electrons. The van der Waals surface area contributed by atoms with Gasteiger partial charge in [0.05, 0.1) is 0 Å². The molecule has 0 spiro atoms. The third-order valence-electron chi connectivity index (χ3n) is 2.21. The van der Waals surface area contributed by atoms with Gasteiger partial charge in [-0.2, -0.15) is 0 Å². The summed E-state index contributed by atoms with van der Waals surface area (Å²) < 4.78 is 5.02. The highest BCUT2D eigenvalue weighted by atomic mass is 16.5. The molecule has 0 amide bonds. The van der Waals surface area contributed by atoms with Crippen molar-refractivity contribution < 1.29 is 14.3 Å². The molecule has 0 saturated heterocycles. The summed E-state index contributed by atoms with van der Waals surface area (Å²) in [6.07, 6.45) is 0.717. The Morgan fingerprint density at radius 2 is 1.88 bits per heavy atom. The van der Waals surface area contributed by atoms with Gasteiger partial charge in [0.25, 0.3) is 0 Å². The minimum atomic E-state index is -0.648. The van der Waals surface area contributed by atoms with E-state index in [1.165, 1.54) is 6.92 Å². The van der Waals surface area contributed by atoms with Gasteiger partial charge in [0.15, 0.2) is 6.10 Å². The lowest BCUT2D eigenvalue weighted by atomic mass is 10.0. The van der Waals surface area contributed by atoms with E-state index in [1.54, 1.807) is 24.3 Å². The van der Waals surface area contributed by atoms with Gasteiger partial charge in [0, 0.05) is 12.5 Å². The molecule has 1 unspecified atom stereocenters. The number of esters is 1. The quantitative estimate of drug-likeness (QED) is 0.566. The first-order valence-electron chi connectivity index (χ1n) is 5.41. The smallest absolute Gasteiger partial charge is 0.303 e. The Labute approximate surface area is 95.4 Å². The van der Waals surface area contributed by atoms with E-state index in [4.69, 9.17) is 4.74 Å². The average Bonchev–Trinajstić information content (AvgIpc) is 2.28. The number of carbonyl (C=O) groups is 2. The summed E-state index contributed by atoms with van der Waals surface area (Å²) in [5.74, 6) is -0.541. The van der Waals surface area contributed by atoms with Crippen LogP contribution in [0.3, 0.4) is 0 Å². The maximum absolute atomic E-state index is 12.0. The molecule has 0 saturated carbocycles. The molecule has 16 heavy (non-hydrogen) atoms. The summed E-state index contributed by atoms with van der Waals surface area (Å²) in [7, 11) is 0. The van der Waals surface area contributed by atoms with Crippen molar-refractivity contribution in [3.63, 3.8) is 0 Å².